The number of hydrogen-bond acceptors (Lipinski definition) is 4. The van der Waals surface area contributed by atoms with Crippen LogP contribution in [0.15, 0.2) is 48.5 Å². The molecule has 0 amide bonds. The SMILES string of the molecule is CC1(C)OCC(COc2ccc(C(C)(C)c3ccc(OCCCCl)cc3)cc2)O1. The monoisotopic (exact) mass is 418 g/mol. The number of hydrogen-bond donors (Lipinski definition) is 0. The zero-order chi connectivity index (χ0) is 20.9. The molecule has 1 aliphatic rings. The second-order valence-corrected chi connectivity index (χ2v) is 8.70. The number of benzene rings is 2. The maximum absolute atomic E-state index is 5.89. The summed E-state index contributed by atoms with van der Waals surface area (Å²) in [5.74, 6) is 1.80. The summed E-state index contributed by atoms with van der Waals surface area (Å²) in [4.78, 5) is 0. The zero-order valence-electron chi connectivity index (χ0n) is 17.7. The fourth-order valence-electron chi connectivity index (χ4n) is 3.38. The van der Waals surface area contributed by atoms with Crippen molar-refractivity contribution < 1.29 is 18.9 Å². The van der Waals surface area contributed by atoms with E-state index in [9.17, 15) is 0 Å². The van der Waals surface area contributed by atoms with Gasteiger partial charge in [0.25, 0.3) is 0 Å². The van der Waals surface area contributed by atoms with Gasteiger partial charge in [0, 0.05) is 11.3 Å². The van der Waals surface area contributed by atoms with E-state index in [2.05, 4.69) is 38.1 Å². The minimum Gasteiger partial charge on any atom is -0.494 e. The molecule has 1 heterocycles. The van der Waals surface area contributed by atoms with Gasteiger partial charge in [0.15, 0.2) is 5.79 Å². The van der Waals surface area contributed by atoms with Crippen molar-refractivity contribution >= 4 is 11.6 Å². The van der Waals surface area contributed by atoms with Gasteiger partial charge in [-0.1, -0.05) is 38.1 Å². The van der Waals surface area contributed by atoms with Crippen LogP contribution in [0.5, 0.6) is 11.5 Å². The molecular formula is C24H31ClO4. The maximum Gasteiger partial charge on any atom is 0.163 e. The molecule has 1 saturated heterocycles. The molecule has 0 saturated carbocycles. The topological polar surface area (TPSA) is 36.9 Å². The molecule has 3 rings (SSSR count). The highest BCUT2D eigenvalue weighted by molar-refractivity contribution is 6.17. The Morgan fingerprint density at radius 3 is 2.00 bits per heavy atom. The average Bonchev–Trinajstić information content (AvgIpc) is 3.06. The first kappa shape index (κ1) is 21.9. The largest absolute Gasteiger partial charge is 0.494 e. The number of alkyl halides is 1. The van der Waals surface area contributed by atoms with Crippen molar-refractivity contribution in [1.82, 2.24) is 0 Å². The molecule has 0 aliphatic carbocycles. The van der Waals surface area contributed by atoms with Crippen molar-refractivity contribution in [2.75, 3.05) is 25.7 Å². The highest BCUT2D eigenvalue weighted by Crippen LogP contribution is 2.33. The van der Waals surface area contributed by atoms with Gasteiger partial charge in [0.1, 0.15) is 24.2 Å². The van der Waals surface area contributed by atoms with Crippen LogP contribution in [0.25, 0.3) is 0 Å². The van der Waals surface area contributed by atoms with Crippen LogP contribution in [-0.2, 0) is 14.9 Å². The summed E-state index contributed by atoms with van der Waals surface area (Å²) in [5, 5.41) is 0. The molecule has 0 aromatic heterocycles. The summed E-state index contributed by atoms with van der Waals surface area (Å²) in [5.41, 5.74) is 2.33. The van der Waals surface area contributed by atoms with Crippen molar-refractivity contribution in [1.29, 1.82) is 0 Å². The van der Waals surface area contributed by atoms with Crippen LogP contribution >= 0.6 is 11.6 Å². The van der Waals surface area contributed by atoms with Crippen LogP contribution in [0.3, 0.4) is 0 Å². The molecule has 158 valence electrons. The van der Waals surface area contributed by atoms with E-state index in [0.717, 1.165) is 17.9 Å². The van der Waals surface area contributed by atoms with Crippen LogP contribution < -0.4 is 9.47 Å². The molecule has 2 aromatic carbocycles. The summed E-state index contributed by atoms with van der Waals surface area (Å²) in [6, 6.07) is 16.6. The Balaban J connectivity index is 1.59. The van der Waals surface area contributed by atoms with Gasteiger partial charge in [-0.3, -0.25) is 0 Å². The third-order valence-electron chi connectivity index (χ3n) is 5.20. The second-order valence-electron chi connectivity index (χ2n) is 8.33. The van der Waals surface area contributed by atoms with Crippen LogP contribution in [0, 0.1) is 0 Å². The fourth-order valence-corrected chi connectivity index (χ4v) is 3.49. The molecule has 1 unspecified atom stereocenters. The van der Waals surface area contributed by atoms with E-state index in [-0.39, 0.29) is 11.5 Å². The fraction of sp³-hybridized carbons (Fsp3) is 0.500. The first-order valence-corrected chi connectivity index (χ1v) is 10.7. The first-order valence-electron chi connectivity index (χ1n) is 10.1. The van der Waals surface area contributed by atoms with Gasteiger partial charge in [-0.05, 0) is 55.7 Å². The number of halogens is 1. The van der Waals surface area contributed by atoms with E-state index in [1.165, 1.54) is 11.1 Å². The lowest BCUT2D eigenvalue weighted by Gasteiger charge is -2.26. The van der Waals surface area contributed by atoms with Gasteiger partial charge >= 0.3 is 0 Å². The van der Waals surface area contributed by atoms with Crippen molar-refractivity contribution in [3.05, 3.63) is 59.7 Å². The van der Waals surface area contributed by atoms with E-state index >= 15 is 0 Å². The van der Waals surface area contributed by atoms with Crippen molar-refractivity contribution in [2.45, 2.75) is 51.4 Å². The van der Waals surface area contributed by atoms with E-state index in [4.69, 9.17) is 30.5 Å². The molecule has 1 aliphatic heterocycles. The zero-order valence-corrected chi connectivity index (χ0v) is 18.5. The lowest BCUT2D eigenvalue weighted by Crippen LogP contribution is -2.25. The number of ether oxygens (including phenoxy) is 4. The van der Waals surface area contributed by atoms with Gasteiger partial charge in [-0.2, -0.15) is 0 Å². The van der Waals surface area contributed by atoms with E-state index in [1.807, 2.05) is 38.1 Å². The van der Waals surface area contributed by atoms with Gasteiger partial charge in [0.05, 0.1) is 13.2 Å². The normalized spacial score (nSPS) is 18.6. The molecule has 2 aromatic rings. The van der Waals surface area contributed by atoms with Crippen LogP contribution in [0.1, 0.15) is 45.2 Å². The molecule has 5 heteroatoms. The third-order valence-corrected chi connectivity index (χ3v) is 5.47. The molecule has 1 fully saturated rings. The smallest absolute Gasteiger partial charge is 0.163 e. The quantitative estimate of drug-likeness (QED) is 0.395. The predicted octanol–water partition coefficient (Wildman–Crippen LogP) is 5.55. The standard InChI is InChI=1S/C24H31ClO4/c1-23(2,18-6-10-20(11-7-18)26-15-5-14-25)19-8-12-21(13-9-19)27-16-22-17-28-24(3,4)29-22/h6-13,22H,5,14-17H2,1-4H3. The summed E-state index contributed by atoms with van der Waals surface area (Å²) >= 11 is 5.70. The Morgan fingerprint density at radius 2 is 1.52 bits per heavy atom. The molecule has 4 nitrogen and oxygen atoms in total. The van der Waals surface area contributed by atoms with E-state index < -0.39 is 5.79 Å². The Hall–Kier alpha value is -1.75. The molecule has 0 bridgehead atoms. The molecular weight excluding hydrogens is 388 g/mol. The lowest BCUT2D eigenvalue weighted by molar-refractivity contribution is -0.141. The maximum atomic E-state index is 5.89. The minimum absolute atomic E-state index is 0.0358. The summed E-state index contributed by atoms with van der Waals surface area (Å²) in [7, 11) is 0. The average molecular weight is 419 g/mol. The van der Waals surface area contributed by atoms with E-state index in [0.29, 0.717) is 25.7 Å². The highest BCUT2D eigenvalue weighted by Gasteiger charge is 2.33. The highest BCUT2D eigenvalue weighted by atomic mass is 35.5. The Kier molecular flexibility index (Phi) is 7.10. The molecule has 0 radical (unpaired) electrons. The van der Waals surface area contributed by atoms with Crippen LogP contribution in [-0.4, -0.2) is 37.6 Å². The molecule has 0 spiro atoms. The van der Waals surface area contributed by atoms with Crippen LogP contribution in [0.2, 0.25) is 0 Å². The first-order chi connectivity index (χ1) is 13.8. The summed E-state index contributed by atoms with van der Waals surface area (Å²) in [6.07, 6.45) is 0.812. The Morgan fingerprint density at radius 1 is 0.966 bits per heavy atom. The van der Waals surface area contributed by atoms with Gasteiger partial charge in [0.2, 0.25) is 0 Å². The summed E-state index contributed by atoms with van der Waals surface area (Å²) < 4.78 is 22.9. The van der Waals surface area contributed by atoms with Crippen molar-refractivity contribution in [2.24, 2.45) is 0 Å². The van der Waals surface area contributed by atoms with Gasteiger partial charge in [-0.25, -0.2) is 0 Å². The van der Waals surface area contributed by atoms with Crippen molar-refractivity contribution in [3.8, 4) is 11.5 Å². The minimum atomic E-state index is -0.521. The molecule has 1 atom stereocenters. The Labute approximate surface area is 179 Å². The molecule has 0 N–H and O–H groups in total. The van der Waals surface area contributed by atoms with Crippen molar-refractivity contribution in [3.63, 3.8) is 0 Å². The number of rotatable bonds is 9. The second kappa shape index (κ2) is 9.38. The predicted molar refractivity (Wildman–Crippen MR) is 116 cm³/mol. The Bertz CT molecular complexity index is 768. The summed E-state index contributed by atoms with van der Waals surface area (Å²) in [6.45, 7) is 9.96. The van der Waals surface area contributed by atoms with Gasteiger partial charge < -0.3 is 18.9 Å². The third kappa shape index (κ3) is 5.88. The van der Waals surface area contributed by atoms with Gasteiger partial charge in [-0.15, -0.1) is 11.6 Å². The molecule has 29 heavy (non-hydrogen) atoms. The lowest BCUT2D eigenvalue weighted by atomic mass is 9.78. The van der Waals surface area contributed by atoms with E-state index in [1.54, 1.807) is 0 Å². The van der Waals surface area contributed by atoms with Crippen LogP contribution in [0.4, 0.5) is 0 Å².